The number of hydrogen-bond acceptors (Lipinski definition) is 4. The average Bonchev–Trinajstić information content (AvgIpc) is 3.04. The Labute approximate surface area is 123 Å². The summed E-state index contributed by atoms with van der Waals surface area (Å²) in [7, 11) is 0. The van der Waals surface area contributed by atoms with E-state index in [9.17, 15) is 4.79 Å². The van der Waals surface area contributed by atoms with Gasteiger partial charge in [-0.3, -0.25) is 14.5 Å². The highest BCUT2D eigenvalue weighted by Crippen LogP contribution is 2.21. The van der Waals surface area contributed by atoms with E-state index in [0.717, 1.165) is 12.2 Å². The molecule has 6 nitrogen and oxygen atoms in total. The third-order valence-electron chi connectivity index (χ3n) is 3.56. The van der Waals surface area contributed by atoms with Gasteiger partial charge in [-0.05, 0) is 25.1 Å². The molecular formula is C15H18N4O2. The van der Waals surface area contributed by atoms with E-state index in [1.165, 1.54) is 0 Å². The number of carbonyl (C=O) groups excluding carboxylic acids is 1. The number of morpholine rings is 1. The van der Waals surface area contributed by atoms with Crippen LogP contribution in [0, 0.1) is 0 Å². The lowest BCUT2D eigenvalue weighted by molar-refractivity contribution is -0.0249. The Balaban J connectivity index is 1.72. The van der Waals surface area contributed by atoms with Crippen molar-refractivity contribution in [2.24, 2.45) is 0 Å². The molecule has 1 fully saturated rings. The third kappa shape index (κ3) is 2.95. The Bertz CT molecular complexity index is 611. The maximum absolute atomic E-state index is 12.5. The maximum Gasteiger partial charge on any atom is 0.274 e. The zero-order chi connectivity index (χ0) is 14.7. The van der Waals surface area contributed by atoms with Crippen LogP contribution in [0.4, 0.5) is 0 Å². The number of aryl methyl sites for hydroxylation is 1. The minimum Gasteiger partial charge on any atom is -0.368 e. The van der Waals surface area contributed by atoms with Crippen molar-refractivity contribution in [3.05, 3.63) is 48.0 Å². The lowest BCUT2D eigenvalue weighted by atomic mass is 10.2. The van der Waals surface area contributed by atoms with E-state index in [4.69, 9.17) is 4.74 Å². The number of rotatable bonds is 3. The molecule has 21 heavy (non-hydrogen) atoms. The number of nitrogens with zero attached hydrogens (tertiary/aromatic N) is 4. The van der Waals surface area contributed by atoms with Crippen LogP contribution in [0.25, 0.3) is 0 Å². The van der Waals surface area contributed by atoms with Crippen molar-refractivity contribution in [2.75, 3.05) is 19.7 Å². The fourth-order valence-corrected chi connectivity index (χ4v) is 2.39. The van der Waals surface area contributed by atoms with Gasteiger partial charge < -0.3 is 9.64 Å². The molecule has 3 rings (SSSR count). The number of hydrogen-bond donors (Lipinski definition) is 0. The van der Waals surface area contributed by atoms with Gasteiger partial charge in [-0.2, -0.15) is 5.10 Å². The number of pyridine rings is 1. The van der Waals surface area contributed by atoms with Crippen molar-refractivity contribution >= 4 is 5.91 Å². The predicted octanol–water partition coefficient (Wildman–Crippen LogP) is 1.51. The molecule has 1 saturated heterocycles. The van der Waals surface area contributed by atoms with Crippen LogP contribution in [0.1, 0.15) is 29.2 Å². The Hall–Kier alpha value is -2.21. The second-order valence-electron chi connectivity index (χ2n) is 4.92. The molecule has 1 aliphatic rings. The van der Waals surface area contributed by atoms with Crippen LogP contribution in [-0.4, -0.2) is 45.3 Å². The van der Waals surface area contributed by atoms with Gasteiger partial charge in [0.05, 0.1) is 18.8 Å². The van der Waals surface area contributed by atoms with Crippen molar-refractivity contribution in [3.8, 4) is 0 Å². The number of amides is 1. The predicted molar refractivity (Wildman–Crippen MR) is 76.7 cm³/mol. The highest BCUT2D eigenvalue weighted by molar-refractivity contribution is 5.92. The van der Waals surface area contributed by atoms with Gasteiger partial charge >= 0.3 is 0 Å². The van der Waals surface area contributed by atoms with Gasteiger partial charge in [-0.15, -0.1) is 0 Å². The van der Waals surface area contributed by atoms with Crippen LogP contribution >= 0.6 is 0 Å². The molecule has 1 aliphatic heterocycles. The molecule has 110 valence electrons. The molecule has 0 radical (unpaired) electrons. The van der Waals surface area contributed by atoms with Crippen molar-refractivity contribution in [3.63, 3.8) is 0 Å². The molecule has 0 aliphatic carbocycles. The van der Waals surface area contributed by atoms with Crippen molar-refractivity contribution in [2.45, 2.75) is 19.6 Å². The quantitative estimate of drug-likeness (QED) is 0.858. The minimum atomic E-state index is -0.169. The van der Waals surface area contributed by atoms with E-state index in [0.29, 0.717) is 25.4 Å². The normalized spacial score (nSPS) is 18.7. The summed E-state index contributed by atoms with van der Waals surface area (Å²) in [5, 5.41) is 4.27. The first-order valence-electron chi connectivity index (χ1n) is 7.13. The van der Waals surface area contributed by atoms with Crippen molar-refractivity contribution in [1.82, 2.24) is 19.7 Å². The second kappa shape index (κ2) is 6.05. The standard InChI is InChI=1S/C15H18N4O2/c1-2-19-8-6-13(17-19)15(20)18-9-10-21-14(11-18)12-5-3-4-7-16-12/h3-8,14H,2,9-11H2,1H3. The highest BCUT2D eigenvalue weighted by atomic mass is 16.5. The van der Waals surface area contributed by atoms with Gasteiger partial charge in [-0.1, -0.05) is 6.07 Å². The lowest BCUT2D eigenvalue weighted by Crippen LogP contribution is -2.42. The Morgan fingerprint density at radius 3 is 3.05 bits per heavy atom. The Morgan fingerprint density at radius 2 is 2.33 bits per heavy atom. The van der Waals surface area contributed by atoms with Gasteiger partial charge in [0.2, 0.25) is 0 Å². The van der Waals surface area contributed by atoms with Gasteiger partial charge in [-0.25, -0.2) is 0 Å². The fourth-order valence-electron chi connectivity index (χ4n) is 2.39. The monoisotopic (exact) mass is 286 g/mol. The first kappa shape index (κ1) is 13.8. The third-order valence-corrected chi connectivity index (χ3v) is 3.56. The van der Waals surface area contributed by atoms with Crippen LogP contribution in [0.15, 0.2) is 36.7 Å². The summed E-state index contributed by atoms with van der Waals surface area (Å²) in [5.74, 6) is -0.0496. The maximum atomic E-state index is 12.5. The topological polar surface area (TPSA) is 60.2 Å². The fraction of sp³-hybridized carbons (Fsp3) is 0.400. The van der Waals surface area contributed by atoms with Crippen molar-refractivity contribution < 1.29 is 9.53 Å². The number of aromatic nitrogens is 3. The van der Waals surface area contributed by atoms with Gasteiger partial charge in [0.1, 0.15) is 11.8 Å². The smallest absolute Gasteiger partial charge is 0.274 e. The second-order valence-corrected chi connectivity index (χ2v) is 4.92. The molecular weight excluding hydrogens is 268 g/mol. The average molecular weight is 286 g/mol. The largest absolute Gasteiger partial charge is 0.368 e. The van der Waals surface area contributed by atoms with Crippen LogP contribution in [-0.2, 0) is 11.3 Å². The molecule has 3 heterocycles. The van der Waals surface area contributed by atoms with Crippen LogP contribution in [0.5, 0.6) is 0 Å². The van der Waals surface area contributed by atoms with E-state index in [1.807, 2.05) is 31.3 Å². The Kier molecular flexibility index (Phi) is 3.96. The molecule has 6 heteroatoms. The summed E-state index contributed by atoms with van der Waals surface area (Å²) in [4.78, 5) is 18.6. The first-order chi connectivity index (χ1) is 10.3. The summed E-state index contributed by atoms with van der Waals surface area (Å²) >= 11 is 0. The molecule has 1 amide bonds. The van der Waals surface area contributed by atoms with Gasteiger partial charge in [0.15, 0.2) is 0 Å². The summed E-state index contributed by atoms with van der Waals surface area (Å²) in [5.41, 5.74) is 1.34. The highest BCUT2D eigenvalue weighted by Gasteiger charge is 2.27. The summed E-state index contributed by atoms with van der Waals surface area (Å²) in [6, 6.07) is 7.48. The molecule has 1 unspecified atom stereocenters. The molecule has 2 aromatic heterocycles. The number of ether oxygens (including phenoxy) is 1. The molecule has 1 atom stereocenters. The zero-order valence-corrected chi connectivity index (χ0v) is 12.0. The first-order valence-corrected chi connectivity index (χ1v) is 7.13. The molecule has 0 bridgehead atoms. The van der Waals surface area contributed by atoms with Crippen LogP contribution < -0.4 is 0 Å². The zero-order valence-electron chi connectivity index (χ0n) is 12.0. The molecule has 0 aromatic carbocycles. The van der Waals surface area contributed by atoms with Crippen molar-refractivity contribution in [1.29, 1.82) is 0 Å². The van der Waals surface area contributed by atoms with Gasteiger partial charge in [0, 0.05) is 25.5 Å². The molecule has 0 N–H and O–H groups in total. The van der Waals surface area contributed by atoms with E-state index in [1.54, 1.807) is 21.8 Å². The minimum absolute atomic E-state index is 0.0496. The van der Waals surface area contributed by atoms with Crippen LogP contribution in [0.2, 0.25) is 0 Å². The molecule has 0 saturated carbocycles. The molecule has 0 spiro atoms. The lowest BCUT2D eigenvalue weighted by Gasteiger charge is -2.32. The van der Waals surface area contributed by atoms with Gasteiger partial charge in [0.25, 0.3) is 5.91 Å². The SMILES string of the molecule is CCn1ccc(C(=O)N2CCOC(c3ccccn3)C2)n1. The van der Waals surface area contributed by atoms with Crippen LogP contribution in [0.3, 0.4) is 0 Å². The summed E-state index contributed by atoms with van der Waals surface area (Å²) in [6.45, 7) is 4.36. The van der Waals surface area contributed by atoms with E-state index in [2.05, 4.69) is 10.1 Å². The van der Waals surface area contributed by atoms with E-state index in [-0.39, 0.29) is 12.0 Å². The summed E-state index contributed by atoms with van der Waals surface area (Å²) in [6.07, 6.45) is 3.39. The number of carbonyl (C=O) groups is 1. The van der Waals surface area contributed by atoms with E-state index < -0.39 is 0 Å². The summed E-state index contributed by atoms with van der Waals surface area (Å²) < 4.78 is 7.48. The Morgan fingerprint density at radius 1 is 1.43 bits per heavy atom. The van der Waals surface area contributed by atoms with E-state index >= 15 is 0 Å². The molecule has 2 aromatic rings.